The average Bonchev–Trinajstić information content (AvgIpc) is 2.46. The quantitative estimate of drug-likeness (QED) is 0.757. The molecule has 0 spiro atoms. The molecule has 2 aromatic carbocycles. The van der Waals surface area contributed by atoms with E-state index in [0.717, 1.165) is 33.3 Å². The van der Waals surface area contributed by atoms with Crippen LogP contribution in [-0.2, 0) is 6.61 Å². The van der Waals surface area contributed by atoms with Crippen LogP contribution in [0.1, 0.15) is 16.7 Å². The second-order valence-corrected chi connectivity index (χ2v) is 5.15. The fourth-order valence-corrected chi connectivity index (χ4v) is 2.53. The highest BCUT2D eigenvalue weighted by molar-refractivity contribution is 5.83. The molecule has 3 aromatic rings. The third kappa shape index (κ3) is 2.19. The molecular formula is C18H17NO. The van der Waals surface area contributed by atoms with Crippen molar-refractivity contribution >= 4 is 10.9 Å². The summed E-state index contributed by atoms with van der Waals surface area (Å²) in [4.78, 5) is 4.78. The molecule has 100 valence electrons. The standard InChI is InChI=1S/C18H17NO/c1-12-9-15(7-8-16(12)11-20)18-13(2)10-14-5-3-4-6-17(14)19-18/h3-10,20H,11H2,1-2H3. The Bertz CT molecular complexity index is 777. The maximum absolute atomic E-state index is 9.26. The summed E-state index contributed by atoms with van der Waals surface area (Å²) in [5, 5.41) is 10.4. The van der Waals surface area contributed by atoms with Gasteiger partial charge in [0.2, 0.25) is 0 Å². The Morgan fingerprint density at radius 1 is 0.950 bits per heavy atom. The zero-order valence-corrected chi connectivity index (χ0v) is 11.7. The van der Waals surface area contributed by atoms with E-state index < -0.39 is 0 Å². The largest absolute Gasteiger partial charge is 0.392 e. The maximum Gasteiger partial charge on any atom is 0.0738 e. The van der Waals surface area contributed by atoms with Gasteiger partial charge in [-0.25, -0.2) is 4.98 Å². The summed E-state index contributed by atoms with van der Waals surface area (Å²) in [6.07, 6.45) is 0. The van der Waals surface area contributed by atoms with Gasteiger partial charge in [0.15, 0.2) is 0 Å². The summed E-state index contributed by atoms with van der Waals surface area (Å²) in [6.45, 7) is 4.19. The number of aliphatic hydroxyl groups is 1. The molecule has 0 fully saturated rings. The fraction of sp³-hybridized carbons (Fsp3) is 0.167. The number of benzene rings is 2. The van der Waals surface area contributed by atoms with Gasteiger partial charge in [0.05, 0.1) is 17.8 Å². The Labute approximate surface area is 118 Å². The van der Waals surface area contributed by atoms with Gasteiger partial charge in [0.1, 0.15) is 0 Å². The Hall–Kier alpha value is -2.19. The highest BCUT2D eigenvalue weighted by Gasteiger charge is 2.07. The van der Waals surface area contributed by atoms with Gasteiger partial charge >= 0.3 is 0 Å². The molecule has 1 aromatic heterocycles. The van der Waals surface area contributed by atoms with Gasteiger partial charge < -0.3 is 5.11 Å². The van der Waals surface area contributed by atoms with Gasteiger partial charge in [-0.1, -0.05) is 30.3 Å². The van der Waals surface area contributed by atoms with E-state index in [2.05, 4.69) is 25.1 Å². The van der Waals surface area contributed by atoms with E-state index in [9.17, 15) is 5.11 Å². The van der Waals surface area contributed by atoms with Crippen LogP contribution in [0.4, 0.5) is 0 Å². The number of aliphatic hydroxyl groups excluding tert-OH is 1. The Kier molecular flexibility index (Phi) is 3.25. The van der Waals surface area contributed by atoms with Crippen molar-refractivity contribution in [3.63, 3.8) is 0 Å². The molecule has 20 heavy (non-hydrogen) atoms. The maximum atomic E-state index is 9.26. The molecule has 0 saturated carbocycles. The SMILES string of the molecule is Cc1cc(-c2nc3ccccc3cc2C)ccc1CO. The van der Waals surface area contributed by atoms with Crippen molar-refractivity contribution in [1.29, 1.82) is 0 Å². The van der Waals surface area contributed by atoms with E-state index in [4.69, 9.17) is 4.98 Å². The first-order chi connectivity index (χ1) is 9.69. The number of para-hydroxylation sites is 1. The molecule has 0 saturated heterocycles. The third-order valence-electron chi connectivity index (χ3n) is 3.70. The number of hydrogen-bond acceptors (Lipinski definition) is 2. The predicted molar refractivity (Wildman–Crippen MR) is 82.6 cm³/mol. The Morgan fingerprint density at radius 2 is 1.75 bits per heavy atom. The summed E-state index contributed by atoms with van der Waals surface area (Å²) in [5.41, 5.74) is 6.35. The smallest absolute Gasteiger partial charge is 0.0738 e. The molecule has 0 aliphatic rings. The molecule has 1 N–H and O–H groups in total. The van der Waals surface area contributed by atoms with Gasteiger partial charge in [0.25, 0.3) is 0 Å². The van der Waals surface area contributed by atoms with Gasteiger partial charge in [-0.2, -0.15) is 0 Å². The second-order valence-electron chi connectivity index (χ2n) is 5.15. The predicted octanol–water partition coefficient (Wildman–Crippen LogP) is 4.01. The first-order valence-electron chi connectivity index (χ1n) is 6.76. The van der Waals surface area contributed by atoms with Crippen molar-refractivity contribution < 1.29 is 5.11 Å². The number of hydrogen-bond donors (Lipinski definition) is 1. The zero-order chi connectivity index (χ0) is 14.1. The van der Waals surface area contributed by atoms with Crippen molar-refractivity contribution in [2.45, 2.75) is 20.5 Å². The van der Waals surface area contributed by atoms with Crippen LogP contribution in [-0.4, -0.2) is 10.1 Å². The van der Waals surface area contributed by atoms with Gasteiger partial charge in [-0.3, -0.25) is 0 Å². The highest BCUT2D eigenvalue weighted by Crippen LogP contribution is 2.26. The number of aromatic nitrogens is 1. The number of fused-ring (bicyclic) bond motifs is 1. The van der Waals surface area contributed by atoms with Gasteiger partial charge in [0, 0.05) is 10.9 Å². The minimum atomic E-state index is 0.0796. The normalized spacial score (nSPS) is 10.9. The summed E-state index contributed by atoms with van der Waals surface area (Å²) >= 11 is 0. The van der Waals surface area contributed by atoms with E-state index in [-0.39, 0.29) is 6.61 Å². The number of pyridine rings is 1. The molecule has 0 aliphatic carbocycles. The van der Waals surface area contributed by atoms with Gasteiger partial charge in [-0.05, 0) is 48.7 Å². The van der Waals surface area contributed by atoms with Crippen LogP contribution in [0.15, 0.2) is 48.5 Å². The average molecular weight is 263 g/mol. The lowest BCUT2D eigenvalue weighted by Crippen LogP contribution is -1.93. The molecule has 0 atom stereocenters. The van der Waals surface area contributed by atoms with Crippen LogP contribution in [0.25, 0.3) is 22.2 Å². The van der Waals surface area contributed by atoms with Crippen LogP contribution in [0.2, 0.25) is 0 Å². The van der Waals surface area contributed by atoms with Crippen LogP contribution in [0, 0.1) is 13.8 Å². The molecule has 0 unspecified atom stereocenters. The monoisotopic (exact) mass is 263 g/mol. The minimum Gasteiger partial charge on any atom is -0.392 e. The summed E-state index contributed by atoms with van der Waals surface area (Å²) in [6, 6.07) is 16.4. The number of aryl methyl sites for hydroxylation is 2. The second kappa shape index (κ2) is 5.06. The lowest BCUT2D eigenvalue weighted by atomic mass is 10.00. The number of nitrogens with zero attached hydrogens (tertiary/aromatic N) is 1. The fourth-order valence-electron chi connectivity index (χ4n) is 2.53. The lowest BCUT2D eigenvalue weighted by molar-refractivity contribution is 0.281. The summed E-state index contributed by atoms with van der Waals surface area (Å²) in [5.74, 6) is 0. The molecule has 2 heteroatoms. The Morgan fingerprint density at radius 3 is 2.50 bits per heavy atom. The van der Waals surface area contributed by atoms with Crippen molar-refractivity contribution in [1.82, 2.24) is 4.98 Å². The van der Waals surface area contributed by atoms with Crippen molar-refractivity contribution in [2.75, 3.05) is 0 Å². The zero-order valence-electron chi connectivity index (χ0n) is 11.7. The van der Waals surface area contributed by atoms with E-state index in [1.807, 2.05) is 37.3 Å². The molecule has 0 aliphatic heterocycles. The van der Waals surface area contributed by atoms with E-state index >= 15 is 0 Å². The molecule has 0 radical (unpaired) electrons. The van der Waals surface area contributed by atoms with Crippen LogP contribution >= 0.6 is 0 Å². The lowest BCUT2D eigenvalue weighted by Gasteiger charge is -2.10. The van der Waals surface area contributed by atoms with Gasteiger partial charge in [-0.15, -0.1) is 0 Å². The first-order valence-corrected chi connectivity index (χ1v) is 6.76. The number of rotatable bonds is 2. The molecule has 3 rings (SSSR count). The summed E-state index contributed by atoms with van der Waals surface area (Å²) in [7, 11) is 0. The highest BCUT2D eigenvalue weighted by atomic mass is 16.3. The molecule has 0 bridgehead atoms. The minimum absolute atomic E-state index is 0.0796. The van der Waals surface area contributed by atoms with Crippen molar-refractivity contribution in [3.05, 3.63) is 65.2 Å². The van der Waals surface area contributed by atoms with Crippen molar-refractivity contribution in [3.8, 4) is 11.3 Å². The third-order valence-corrected chi connectivity index (χ3v) is 3.70. The Balaban J connectivity index is 2.18. The van der Waals surface area contributed by atoms with Crippen LogP contribution in [0.5, 0.6) is 0 Å². The van der Waals surface area contributed by atoms with Crippen LogP contribution in [0.3, 0.4) is 0 Å². The van der Waals surface area contributed by atoms with E-state index in [0.29, 0.717) is 0 Å². The van der Waals surface area contributed by atoms with Crippen LogP contribution < -0.4 is 0 Å². The molecular weight excluding hydrogens is 246 g/mol. The topological polar surface area (TPSA) is 33.1 Å². The summed E-state index contributed by atoms with van der Waals surface area (Å²) < 4.78 is 0. The first kappa shape index (κ1) is 12.8. The molecule has 2 nitrogen and oxygen atoms in total. The molecule has 0 amide bonds. The van der Waals surface area contributed by atoms with E-state index in [1.165, 1.54) is 5.56 Å². The van der Waals surface area contributed by atoms with Crippen molar-refractivity contribution in [2.24, 2.45) is 0 Å². The molecule has 1 heterocycles. The van der Waals surface area contributed by atoms with E-state index in [1.54, 1.807) is 0 Å².